The first-order valence-corrected chi connectivity index (χ1v) is 10.0. The number of hydrogen-bond acceptors (Lipinski definition) is 6. The highest BCUT2D eigenvalue weighted by Gasteiger charge is 2.17. The maximum absolute atomic E-state index is 12.8. The Morgan fingerprint density at radius 3 is 2.77 bits per heavy atom. The van der Waals surface area contributed by atoms with Gasteiger partial charge in [-0.15, -0.1) is 0 Å². The number of aromatic amines is 1. The van der Waals surface area contributed by atoms with Crippen molar-refractivity contribution in [3.8, 4) is 11.5 Å². The fourth-order valence-electron chi connectivity index (χ4n) is 3.27. The van der Waals surface area contributed by atoms with Crippen LogP contribution in [-0.2, 0) is 17.8 Å². The number of ether oxygens (including phenoxy) is 3. The number of pyridine rings is 1. The molecule has 0 radical (unpaired) electrons. The summed E-state index contributed by atoms with van der Waals surface area (Å²) in [6.45, 7) is 2.85. The summed E-state index contributed by atoms with van der Waals surface area (Å²) < 4.78 is 21.8. The van der Waals surface area contributed by atoms with Gasteiger partial charge in [0.25, 0.3) is 5.56 Å². The van der Waals surface area contributed by atoms with Crippen molar-refractivity contribution in [2.24, 2.45) is 0 Å². The first-order chi connectivity index (χ1) is 14.6. The minimum Gasteiger partial charge on any atom is -0.486 e. The van der Waals surface area contributed by atoms with E-state index < -0.39 is 0 Å². The van der Waals surface area contributed by atoms with Gasteiger partial charge in [-0.25, -0.2) is 0 Å². The van der Waals surface area contributed by atoms with Crippen LogP contribution in [0.3, 0.4) is 0 Å². The fourth-order valence-corrected chi connectivity index (χ4v) is 3.50. The zero-order valence-electron chi connectivity index (χ0n) is 16.6. The van der Waals surface area contributed by atoms with Crippen LogP contribution in [0.2, 0.25) is 0 Å². The van der Waals surface area contributed by atoms with Crippen LogP contribution >= 0.6 is 12.2 Å². The Morgan fingerprint density at radius 1 is 1.23 bits per heavy atom. The van der Waals surface area contributed by atoms with E-state index in [0.717, 1.165) is 11.1 Å². The van der Waals surface area contributed by atoms with Gasteiger partial charge in [0, 0.05) is 30.7 Å². The van der Waals surface area contributed by atoms with Gasteiger partial charge < -0.3 is 33.8 Å². The highest BCUT2D eigenvalue weighted by atomic mass is 32.1. The third-order valence-electron chi connectivity index (χ3n) is 4.74. The van der Waals surface area contributed by atoms with E-state index in [1.807, 2.05) is 29.2 Å². The monoisotopic (exact) mass is 429 g/mol. The lowest BCUT2D eigenvalue weighted by atomic mass is 10.1. The third-order valence-corrected chi connectivity index (χ3v) is 5.14. The molecule has 0 saturated carbocycles. The highest BCUT2D eigenvalue weighted by Crippen LogP contribution is 2.33. The molecule has 0 unspecified atom stereocenters. The quantitative estimate of drug-likeness (QED) is 0.437. The van der Waals surface area contributed by atoms with Crippen LogP contribution in [0.5, 0.6) is 11.5 Å². The molecule has 0 aliphatic carbocycles. The Kier molecular flexibility index (Phi) is 6.20. The molecule has 1 aliphatic heterocycles. The van der Waals surface area contributed by atoms with E-state index in [0.29, 0.717) is 67.1 Å². The predicted octanol–water partition coefficient (Wildman–Crippen LogP) is 2.42. The van der Waals surface area contributed by atoms with Crippen LogP contribution in [0.15, 0.2) is 45.8 Å². The summed E-state index contributed by atoms with van der Waals surface area (Å²) in [7, 11) is 1.63. The second-order valence-corrected chi connectivity index (χ2v) is 7.25. The molecule has 158 valence electrons. The van der Waals surface area contributed by atoms with Gasteiger partial charge in [0.1, 0.15) is 19.0 Å². The summed E-state index contributed by atoms with van der Waals surface area (Å²) in [5.41, 5.74) is 1.11. The van der Waals surface area contributed by atoms with Crippen molar-refractivity contribution in [1.82, 2.24) is 15.2 Å². The van der Waals surface area contributed by atoms with Gasteiger partial charge in [-0.3, -0.25) is 4.79 Å². The molecule has 8 nitrogen and oxygen atoms in total. The van der Waals surface area contributed by atoms with Crippen molar-refractivity contribution in [3.05, 3.63) is 58.3 Å². The molecule has 0 saturated heterocycles. The van der Waals surface area contributed by atoms with Gasteiger partial charge in [0.15, 0.2) is 16.6 Å². The van der Waals surface area contributed by atoms with Crippen LogP contribution in [-0.4, -0.2) is 48.5 Å². The van der Waals surface area contributed by atoms with E-state index in [4.69, 9.17) is 30.8 Å². The van der Waals surface area contributed by atoms with E-state index in [-0.39, 0.29) is 5.56 Å². The van der Waals surface area contributed by atoms with Crippen LogP contribution in [0, 0.1) is 0 Å². The molecule has 0 amide bonds. The topological polar surface area (TPSA) is 89.0 Å². The summed E-state index contributed by atoms with van der Waals surface area (Å²) >= 11 is 5.55. The van der Waals surface area contributed by atoms with Crippen molar-refractivity contribution >= 4 is 28.2 Å². The zero-order chi connectivity index (χ0) is 20.9. The van der Waals surface area contributed by atoms with Gasteiger partial charge in [0.2, 0.25) is 0 Å². The van der Waals surface area contributed by atoms with E-state index >= 15 is 0 Å². The Bertz CT molecular complexity index is 1080. The van der Waals surface area contributed by atoms with Crippen LogP contribution in [0.4, 0.5) is 0 Å². The molecular weight excluding hydrogens is 406 g/mol. The van der Waals surface area contributed by atoms with Gasteiger partial charge in [-0.05, 0) is 36.5 Å². The molecule has 2 aromatic heterocycles. The predicted molar refractivity (Wildman–Crippen MR) is 116 cm³/mol. The van der Waals surface area contributed by atoms with Gasteiger partial charge >= 0.3 is 0 Å². The zero-order valence-corrected chi connectivity index (χ0v) is 17.4. The van der Waals surface area contributed by atoms with E-state index in [9.17, 15) is 4.79 Å². The van der Waals surface area contributed by atoms with E-state index in [2.05, 4.69) is 10.3 Å². The summed E-state index contributed by atoms with van der Waals surface area (Å²) in [4.78, 5) is 17.6. The molecule has 0 atom stereocenters. The number of aromatic nitrogens is 1. The van der Waals surface area contributed by atoms with Crippen molar-refractivity contribution in [2.45, 2.75) is 13.1 Å². The first kappa shape index (κ1) is 20.2. The Hall–Kier alpha value is -3.04. The lowest BCUT2D eigenvalue weighted by Gasteiger charge is -2.25. The first-order valence-electron chi connectivity index (χ1n) is 9.63. The molecule has 2 N–H and O–H groups in total. The summed E-state index contributed by atoms with van der Waals surface area (Å²) in [5.74, 6) is 2.07. The second kappa shape index (κ2) is 9.19. The molecule has 1 aliphatic rings. The van der Waals surface area contributed by atoms with Crippen molar-refractivity contribution in [2.75, 3.05) is 33.5 Å². The van der Waals surface area contributed by atoms with Gasteiger partial charge in [-0.2, -0.15) is 0 Å². The fraction of sp³-hybridized carbons (Fsp3) is 0.333. The van der Waals surface area contributed by atoms with E-state index in [1.54, 1.807) is 19.4 Å². The second-order valence-electron chi connectivity index (χ2n) is 6.87. The Balaban J connectivity index is 1.61. The number of rotatable bonds is 7. The number of fused-ring (bicyclic) bond motifs is 2. The number of methoxy groups -OCH3 is 1. The van der Waals surface area contributed by atoms with Crippen molar-refractivity contribution in [1.29, 1.82) is 0 Å². The number of furan rings is 1. The number of H-pyrrole nitrogens is 1. The minimum atomic E-state index is -0.177. The lowest BCUT2D eigenvalue weighted by molar-refractivity contribution is 0.172. The minimum absolute atomic E-state index is 0.177. The van der Waals surface area contributed by atoms with Crippen LogP contribution in [0.25, 0.3) is 10.9 Å². The molecule has 3 aromatic rings. The molecular formula is C21H23N3O5S. The molecule has 0 bridgehead atoms. The van der Waals surface area contributed by atoms with Crippen LogP contribution in [0.1, 0.15) is 11.3 Å². The SMILES string of the molecule is COCCNC(=S)N(Cc1ccco1)Cc1cc2cc3c(cc2[nH]c1=O)OCCO3. The molecule has 3 heterocycles. The Morgan fingerprint density at radius 2 is 2.03 bits per heavy atom. The summed E-state index contributed by atoms with van der Waals surface area (Å²) in [5, 5.41) is 4.54. The van der Waals surface area contributed by atoms with Gasteiger partial charge in [0.05, 0.1) is 31.5 Å². The maximum Gasteiger partial charge on any atom is 0.253 e. The number of nitrogens with one attached hydrogen (secondary N) is 2. The van der Waals surface area contributed by atoms with E-state index in [1.165, 1.54) is 0 Å². The highest BCUT2D eigenvalue weighted by molar-refractivity contribution is 7.80. The Labute approximate surface area is 178 Å². The maximum atomic E-state index is 12.8. The molecule has 1 aromatic carbocycles. The number of nitrogens with zero attached hydrogens (tertiary/aromatic N) is 1. The molecule has 0 spiro atoms. The average molecular weight is 429 g/mol. The van der Waals surface area contributed by atoms with Crippen LogP contribution < -0.4 is 20.3 Å². The summed E-state index contributed by atoms with van der Waals surface area (Å²) in [6, 6.07) is 9.24. The van der Waals surface area contributed by atoms with Crippen molar-refractivity contribution < 1.29 is 18.6 Å². The van der Waals surface area contributed by atoms with Gasteiger partial charge in [-0.1, -0.05) is 0 Å². The summed E-state index contributed by atoms with van der Waals surface area (Å²) in [6.07, 6.45) is 1.61. The largest absolute Gasteiger partial charge is 0.486 e. The standard InChI is InChI=1S/C21H23N3O5S/c1-26-6-4-22-21(30)24(13-16-3-2-5-27-16)12-15-9-14-10-18-19(29-8-7-28-18)11-17(14)23-20(15)25/h2-3,5,9-11H,4,6-8,12-13H2,1H3,(H,22,30)(H,23,25). The number of benzene rings is 1. The smallest absolute Gasteiger partial charge is 0.253 e. The number of thiocarbonyl (C=S) groups is 1. The average Bonchev–Trinajstić information content (AvgIpc) is 3.25. The lowest BCUT2D eigenvalue weighted by Crippen LogP contribution is -2.41. The third kappa shape index (κ3) is 4.58. The number of hydrogen-bond donors (Lipinski definition) is 2. The molecule has 30 heavy (non-hydrogen) atoms. The molecule has 0 fully saturated rings. The molecule has 9 heteroatoms. The van der Waals surface area contributed by atoms with Crippen molar-refractivity contribution in [3.63, 3.8) is 0 Å². The normalized spacial score (nSPS) is 12.7. The molecule has 4 rings (SSSR count).